The SMILES string of the molecule is CCOC(=O)C1=C(C)N=c2s/c(=C/c3cc([N+](=O)[O-])ccc3N3CCN(C)CC3)c(=O)n2[C@H]1c1cccc(OC)c1. The summed E-state index contributed by atoms with van der Waals surface area (Å²) in [5.74, 6) is 0.0304. The number of aromatic nitrogens is 1. The van der Waals surface area contributed by atoms with Crippen molar-refractivity contribution < 1.29 is 19.2 Å². The van der Waals surface area contributed by atoms with E-state index >= 15 is 0 Å². The fraction of sp³-hybridized carbons (Fsp3) is 0.345. The third-order valence-electron chi connectivity index (χ3n) is 7.28. The van der Waals surface area contributed by atoms with Crippen LogP contribution in [0.3, 0.4) is 0 Å². The lowest BCUT2D eigenvalue weighted by atomic mass is 9.95. The van der Waals surface area contributed by atoms with E-state index in [0.29, 0.717) is 31.9 Å². The molecule has 0 saturated carbocycles. The zero-order chi connectivity index (χ0) is 29.3. The second-order valence-electron chi connectivity index (χ2n) is 9.87. The number of rotatable bonds is 7. The van der Waals surface area contributed by atoms with Gasteiger partial charge in [0.1, 0.15) is 5.75 Å². The quantitative estimate of drug-likeness (QED) is 0.239. The van der Waals surface area contributed by atoms with Crippen molar-refractivity contribution in [2.24, 2.45) is 4.99 Å². The normalized spacial score (nSPS) is 17.7. The largest absolute Gasteiger partial charge is 0.497 e. The highest BCUT2D eigenvalue weighted by Gasteiger charge is 2.33. The molecule has 0 spiro atoms. The highest BCUT2D eigenvalue weighted by Crippen LogP contribution is 2.32. The van der Waals surface area contributed by atoms with Gasteiger partial charge in [-0.05, 0) is 50.7 Å². The van der Waals surface area contributed by atoms with Crippen molar-refractivity contribution in [1.29, 1.82) is 0 Å². The molecule has 0 aliphatic carbocycles. The third kappa shape index (κ3) is 5.52. The van der Waals surface area contributed by atoms with E-state index in [-0.39, 0.29) is 23.4 Å². The molecule has 12 heteroatoms. The average Bonchev–Trinajstić information content (AvgIpc) is 3.26. The van der Waals surface area contributed by atoms with E-state index in [1.807, 2.05) is 6.07 Å². The molecule has 0 amide bonds. The Morgan fingerprint density at radius 2 is 1.95 bits per heavy atom. The number of carbonyl (C=O) groups excluding carboxylic acids is 1. The molecular weight excluding hydrogens is 546 g/mol. The van der Waals surface area contributed by atoms with Crippen LogP contribution in [0.15, 0.2) is 63.5 Å². The van der Waals surface area contributed by atoms with Crippen LogP contribution in [0.25, 0.3) is 6.08 Å². The summed E-state index contributed by atoms with van der Waals surface area (Å²) >= 11 is 1.18. The Kier molecular flexibility index (Phi) is 8.04. The van der Waals surface area contributed by atoms with Gasteiger partial charge in [0.25, 0.3) is 11.2 Å². The van der Waals surface area contributed by atoms with E-state index in [1.165, 1.54) is 28.0 Å². The standard InChI is InChI=1S/C29H31N5O6S/c1-5-40-28(36)25-18(2)30-29-33(26(25)19-7-6-8-22(16-19)39-4)27(35)24(41-29)17-20-15-21(34(37)38)9-10-23(20)32-13-11-31(3)12-14-32/h6-10,15-17,26H,5,11-14H2,1-4H3/b24-17+/t26-/m0/s1. The molecule has 1 saturated heterocycles. The molecule has 1 aromatic heterocycles. The van der Waals surface area contributed by atoms with E-state index < -0.39 is 16.9 Å². The second kappa shape index (κ2) is 11.7. The Labute approximate surface area is 240 Å². The molecule has 3 aromatic rings. The molecule has 2 aliphatic heterocycles. The minimum Gasteiger partial charge on any atom is -0.497 e. The van der Waals surface area contributed by atoms with Crippen molar-refractivity contribution in [3.05, 3.63) is 94.7 Å². The second-order valence-corrected chi connectivity index (χ2v) is 10.9. The monoisotopic (exact) mass is 577 g/mol. The molecule has 2 aromatic carbocycles. The molecule has 0 bridgehead atoms. The first-order chi connectivity index (χ1) is 19.7. The first-order valence-electron chi connectivity index (χ1n) is 13.3. The highest BCUT2D eigenvalue weighted by atomic mass is 32.1. The van der Waals surface area contributed by atoms with Crippen LogP contribution in [0.4, 0.5) is 11.4 Å². The fourth-order valence-corrected chi connectivity index (χ4v) is 6.20. The van der Waals surface area contributed by atoms with E-state index in [0.717, 1.165) is 31.9 Å². The number of likely N-dealkylation sites (N-methyl/N-ethyl adjacent to an activating group) is 1. The van der Waals surface area contributed by atoms with Gasteiger partial charge >= 0.3 is 5.97 Å². The molecule has 0 unspecified atom stereocenters. The lowest BCUT2D eigenvalue weighted by Crippen LogP contribution is -2.44. The summed E-state index contributed by atoms with van der Waals surface area (Å²) in [4.78, 5) is 47.8. The van der Waals surface area contributed by atoms with E-state index in [2.05, 4.69) is 21.8 Å². The number of fused-ring (bicyclic) bond motifs is 1. The summed E-state index contributed by atoms with van der Waals surface area (Å²) in [6.45, 7) is 6.85. The number of anilines is 1. The van der Waals surface area contributed by atoms with Gasteiger partial charge in [-0.25, -0.2) is 9.79 Å². The minimum absolute atomic E-state index is 0.0587. The maximum atomic E-state index is 14.1. The molecule has 5 rings (SSSR count). The van der Waals surface area contributed by atoms with Crippen molar-refractivity contribution >= 4 is 34.8 Å². The van der Waals surface area contributed by atoms with Gasteiger partial charge in [-0.15, -0.1) is 0 Å². The molecule has 214 valence electrons. The van der Waals surface area contributed by atoms with Crippen LogP contribution in [0.5, 0.6) is 5.75 Å². The van der Waals surface area contributed by atoms with Crippen molar-refractivity contribution in [3.63, 3.8) is 0 Å². The first kappa shape index (κ1) is 28.2. The molecule has 3 heterocycles. The van der Waals surface area contributed by atoms with E-state index in [4.69, 9.17) is 9.47 Å². The van der Waals surface area contributed by atoms with Gasteiger partial charge in [0.15, 0.2) is 4.80 Å². The summed E-state index contributed by atoms with van der Waals surface area (Å²) in [6.07, 6.45) is 1.69. The maximum absolute atomic E-state index is 14.1. The summed E-state index contributed by atoms with van der Waals surface area (Å²) in [7, 11) is 3.61. The zero-order valence-corrected chi connectivity index (χ0v) is 24.1. The third-order valence-corrected chi connectivity index (χ3v) is 8.26. The van der Waals surface area contributed by atoms with Gasteiger partial charge in [0.2, 0.25) is 0 Å². The molecule has 1 atom stereocenters. The van der Waals surface area contributed by atoms with Crippen LogP contribution in [-0.4, -0.2) is 67.3 Å². The van der Waals surface area contributed by atoms with Crippen LogP contribution in [0.1, 0.15) is 31.0 Å². The van der Waals surface area contributed by atoms with Crippen molar-refractivity contribution in [3.8, 4) is 5.75 Å². The number of non-ortho nitro benzene ring substituents is 1. The van der Waals surface area contributed by atoms with Crippen molar-refractivity contribution in [1.82, 2.24) is 9.47 Å². The number of carbonyl (C=O) groups is 1. The van der Waals surface area contributed by atoms with E-state index in [1.54, 1.807) is 51.3 Å². The number of hydrogen-bond donors (Lipinski definition) is 0. The van der Waals surface area contributed by atoms with Crippen molar-refractivity contribution in [2.45, 2.75) is 19.9 Å². The van der Waals surface area contributed by atoms with Gasteiger partial charge in [-0.1, -0.05) is 23.5 Å². The smallest absolute Gasteiger partial charge is 0.338 e. The maximum Gasteiger partial charge on any atom is 0.338 e. The molecule has 0 radical (unpaired) electrons. The number of methoxy groups -OCH3 is 1. The van der Waals surface area contributed by atoms with E-state index in [9.17, 15) is 19.7 Å². The number of ether oxygens (including phenoxy) is 2. The first-order valence-corrected chi connectivity index (χ1v) is 14.1. The number of nitro groups is 1. The number of nitro benzene ring substituents is 1. The van der Waals surface area contributed by atoms with Gasteiger partial charge in [-0.3, -0.25) is 19.5 Å². The Morgan fingerprint density at radius 1 is 1.20 bits per heavy atom. The van der Waals surface area contributed by atoms with Gasteiger partial charge in [-0.2, -0.15) is 0 Å². The lowest BCUT2D eigenvalue weighted by Gasteiger charge is -2.34. The summed E-state index contributed by atoms with van der Waals surface area (Å²) in [5, 5.41) is 11.6. The van der Waals surface area contributed by atoms with Crippen LogP contribution in [-0.2, 0) is 9.53 Å². The van der Waals surface area contributed by atoms with Crippen molar-refractivity contribution in [2.75, 3.05) is 51.8 Å². The Bertz CT molecular complexity index is 1720. The van der Waals surface area contributed by atoms with Gasteiger partial charge in [0.05, 0.1) is 40.5 Å². The average molecular weight is 578 g/mol. The molecular formula is C29H31N5O6S. The Morgan fingerprint density at radius 3 is 2.63 bits per heavy atom. The van der Waals surface area contributed by atoms with Crippen LogP contribution >= 0.6 is 11.3 Å². The molecule has 41 heavy (non-hydrogen) atoms. The number of nitrogens with zero attached hydrogens (tertiary/aromatic N) is 5. The summed E-state index contributed by atoms with van der Waals surface area (Å²) < 4.78 is 12.6. The Hall–Kier alpha value is -4.29. The number of allylic oxidation sites excluding steroid dienone is 1. The Balaban J connectivity index is 1.71. The predicted octanol–water partition coefficient (Wildman–Crippen LogP) is 2.47. The minimum atomic E-state index is -0.787. The zero-order valence-electron chi connectivity index (χ0n) is 23.3. The molecule has 0 N–H and O–H groups in total. The molecule has 1 fully saturated rings. The number of esters is 1. The number of thiazole rings is 1. The molecule has 11 nitrogen and oxygen atoms in total. The fourth-order valence-electron chi connectivity index (χ4n) is 5.17. The number of benzene rings is 2. The van der Waals surface area contributed by atoms with Crippen LogP contribution in [0.2, 0.25) is 0 Å². The van der Waals surface area contributed by atoms with Crippen LogP contribution < -0.4 is 24.5 Å². The lowest BCUT2D eigenvalue weighted by molar-refractivity contribution is -0.384. The summed E-state index contributed by atoms with van der Waals surface area (Å²) in [5.41, 5.74) is 2.38. The topological polar surface area (TPSA) is 120 Å². The molecule has 2 aliphatic rings. The summed E-state index contributed by atoms with van der Waals surface area (Å²) in [6, 6.07) is 11.1. The van der Waals surface area contributed by atoms with Gasteiger partial charge < -0.3 is 19.3 Å². The van der Waals surface area contributed by atoms with Crippen LogP contribution in [0, 0.1) is 10.1 Å². The number of hydrogen-bond acceptors (Lipinski definition) is 10. The highest BCUT2D eigenvalue weighted by molar-refractivity contribution is 7.07. The number of piperazine rings is 1. The van der Waals surface area contributed by atoms with Gasteiger partial charge in [0, 0.05) is 49.6 Å². The predicted molar refractivity (Wildman–Crippen MR) is 156 cm³/mol.